The number of hydrogen-bond donors (Lipinski definition) is 0. The van der Waals surface area contributed by atoms with E-state index in [9.17, 15) is 0 Å². The largest absolute Gasteiger partial charge is 0.357 e. The van der Waals surface area contributed by atoms with Crippen molar-refractivity contribution in [3.63, 3.8) is 0 Å². The van der Waals surface area contributed by atoms with Gasteiger partial charge in [-0.1, -0.05) is 27.7 Å². The quantitative estimate of drug-likeness (QED) is 0.748. The fraction of sp³-hybridized carbons (Fsp3) is 0.500. The maximum atomic E-state index is 2.20. The third-order valence-corrected chi connectivity index (χ3v) is 3.04. The van der Waals surface area contributed by atoms with Crippen molar-refractivity contribution in [3.05, 3.63) is 48.0 Å². The van der Waals surface area contributed by atoms with Crippen LogP contribution >= 0.6 is 0 Å². The van der Waals surface area contributed by atoms with Gasteiger partial charge in [0.2, 0.25) is 0 Å². The maximum absolute atomic E-state index is 2.20. The van der Waals surface area contributed by atoms with Crippen LogP contribution < -0.4 is 0 Å². The second-order valence-electron chi connectivity index (χ2n) is 5.53. The maximum Gasteiger partial charge on any atom is 0.0106 e. The Balaban J connectivity index is 0.000000180. The number of hydrogen-bond acceptors (Lipinski definition) is 0. The Labute approximate surface area is 111 Å². The molecule has 0 N–H and O–H groups in total. The minimum Gasteiger partial charge on any atom is -0.357 e. The third kappa shape index (κ3) is 4.44. The van der Waals surface area contributed by atoms with Crippen LogP contribution in [0.15, 0.2) is 36.9 Å². The van der Waals surface area contributed by atoms with Crippen LogP contribution in [0, 0.1) is 0 Å². The highest BCUT2D eigenvalue weighted by atomic mass is 14.9. The topological polar surface area (TPSA) is 9.86 Å². The molecule has 0 spiro atoms. The first-order chi connectivity index (χ1) is 8.40. The van der Waals surface area contributed by atoms with Gasteiger partial charge in [-0.25, -0.2) is 0 Å². The van der Waals surface area contributed by atoms with Gasteiger partial charge in [0.25, 0.3) is 0 Å². The van der Waals surface area contributed by atoms with Crippen LogP contribution in [0.4, 0.5) is 0 Å². The molecule has 0 aromatic carbocycles. The van der Waals surface area contributed by atoms with Crippen LogP contribution in [0.3, 0.4) is 0 Å². The molecule has 0 aliphatic heterocycles. The fourth-order valence-corrected chi connectivity index (χ4v) is 1.73. The summed E-state index contributed by atoms with van der Waals surface area (Å²) in [6.07, 6.45) is 8.47. The average Bonchev–Trinajstić information content (AvgIpc) is 2.88. The van der Waals surface area contributed by atoms with Gasteiger partial charge in [0.05, 0.1) is 0 Å². The van der Waals surface area contributed by atoms with Gasteiger partial charge in [0, 0.05) is 38.9 Å². The molecule has 2 aromatic heterocycles. The van der Waals surface area contributed by atoms with E-state index in [0.717, 1.165) is 0 Å². The molecule has 100 valence electrons. The summed E-state index contributed by atoms with van der Waals surface area (Å²) >= 11 is 0. The molecule has 0 fully saturated rings. The van der Waals surface area contributed by atoms with Crippen molar-refractivity contribution in [3.8, 4) is 0 Å². The molecule has 0 saturated heterocycles. The zero-order valence-electron chi connectivity index (χ0n) is 12.5. The highest BCUT2D eigenvalue weighted by Gasteiger charge is 1.98. The summed E-state index contributed by atoms with van der Waals surface area (Å²) in [4.78, 5) is 0. The molecule has 0 bridgehead atoms. The van der Waals surface area contributed by atoms with Crippen LogP contribution in [0.25, 0.3) is 0 Å². The van der Waals surface area contributed by atoms with Crippen LogP contribution in [0.2, 0.25) is 0 Å². The average molecular weight is 246 g/mol. The molecule has 0 aliphatic carbocycles. The summed E-state index contributed by atoms with van der Waals surface area (Å²) in [5.41, 5.74) is 2.83. The summed E-state index contributed by atoms with van der Waals surface area (Å²) in [5.74, 6) is 1.32. The molecule has 0 unspecified atom stereocenters. The van der Waals surface area contributed by atoms with Crippen molar-refractivity contribution < 1.29 is 0 Å². The molecule has 0 saturated carbocycles. The number of rotatable bonds is 2. The lowest BCUT2D eigenvalue weighted by Gasteiger charge is -1.97. The number of aromatic nitrogens is 2. The van der Waals surface area contributed by atoms with E-state index in [1.54, 1.807) is 0 Å². The standard InChI is InChI=1S/2C8H13N/c2*1-7(2)8-4-5-9(3)6-8/h2*4-7H,1-3H3. The molecule has 0 amide bonds. The smallest absolute Gasteiger partial charge is 0.0106 e. The number of nitrogens with zero attached hydrogens (tertiary/aromatic N) is 2. The van der Waals surface area contributed by atoms with E-state index in [2.05, 4.69) is 73.7 Å². The summed E-state index contributed by atoms with van der Waals surface area (Å²) < 4.78 is 4.16. The Kier molecular flexibility index (Phi) is 5.26. The summed E-state index contributed by atoms with van der Waals surface area (Å²) in [6.45, 7) is 8.81. The van der Waals surface area contributed by atoms with E-state index in [1.807, 2.05) is 14.1 Å². The lowest BCUT2D eigenvalue weighted by molar-refractivity contribution is 0.849. The van der Waals surface area contributed by atoms with Gasteiger partial charge in [-0.15, -0.1) is 0 Å². The number of aryl methyl sites for hydroxylation is 2. The summed E-state index contributed by atoms with van der Waals surface area (Å²) in [6, 6.07) is 4.31. The third-order valence-electron chi connectivity index (χ3n) is 3.04. The van der Waals surface area contributed by atoms with Gasteiger partial charge in [-0.3, -0.25) is 0 Å². The van der Waals surface area contributed by atoms with Gasteiger partial charge < -0.3 is 9.13 Å². The van der Waals surface area contributed by atoms with Gasteiger partial charge in [0.1, 0.15) is 0 Å². The molecule has 2 nitrogen and oxygen atoms in total. The van der Waals surface area contributed by atoms with Gasteiger partial charge in [-0.05, 0) is 35.1 Å². The van der Waals surface area contributed by atoms with Crippen LogP contribution in [0.5, 0.6) is 0 Å². The monoisotopic (exact) mass is 246 g/mol. The fourth-order valence-electron chi connectivity index (χ4n) is 1.73. The predicted molar refractivity (Wildman–Crippen MR) is 79.0 cm³/mol. The SMILES string of the molecule is CC(C)c1ccn(C)c1.CC(C)c1ccn(C)c1. The first kappa shape index (κ1) is 14.6. The van der Waals surface area contributed by atoms with Crippen LogP contribution in [0.1, 0.15) is 50.7 Å². The predicted octanol–water partition coefficient (Wildman–Crippen LogP) is 4.30. The molecular formula is C16H26N2. The Morgan fingerprint density at radius 2 is 1.06 bits per heavy atom. The van der Waals surface area contributed by atoms with E-state index >= 15 is 0 Å². The Bertz CT molecular complexity index is 417. The van der Waals surface area contributed by atoms with Crippen molar-refractivity contribution in [2.45, 2.75) is 39.5 Å². The highest BCUT2D eigenvalue weighted by Crippen LogP contribution is 2.13. The van der Waals surface area contributed by atoms with E-state index in [4.69, 9.17) is 0 Å². The van der Waals surface area contributed by atoms with Crippen LogP contribution in [-0.4, -0.2) is 9.13 Å². The van der Waals surface area contributed by atoms with Gasteiger partial charge >= 0.3 is 0 Å². The molecule has 18 heavy (non-hydrogen) atoms. The normalized spacial score (nSPS) is 10.7. The highest BCUT2D eigenvalue weighted by molar-refractivity contribution is 5.14. The molecule has 0 aliphatic rings. The molecule has 0 atom stereocenters. The lowest BCUT2D eigenvalue weighted by Crippen LogP contribution is -1.83. The zero-order chi connectivity index (χ0) is 13.7. The minimum atomic E-state index is 0.659. The van der Waals surface area contributed by atoms with Crippen LogP contribution in [-0.2, 0) is 14.1 Å². The summed E-state index contributed by atoms with van der Waals surface area (Å²) in [7, 11) is 4.10. The van der Waals surface area contributed by atoms with E-state index in [0.29, 0.717) is 11.8 Å². The molecule has 2 heteroatoms. The van der Waals surface area contributed by atoms with E-state index in [1.165, 1.54) is 11.1 Å². The second kappa shape index (κ2) is 6.48. The Morgan fingerprint density at radius 3 is 1.17 bits per heavy atom. The van der Waals surface area contributed by atoms with Gasteiger partial charge in [0.15, 0.2) is 0 Å². The molecule has 2 heterocycles. The Morgan fingerprint density at radius 1 is 0.722 bits per heavy atom. The van der Waals surface area contributed by atoms with Crippen molar-refractivity contribution in [1.82, 2.24) is 9.13 Å². The molecule has 2 rings (SSSR count). The van der Waals surface area contributed by atoms with Gasteiger partial charge in [-0.2, -0.15) is 0 Å². The van der Waals surface area contributed by atoms with Crippen molar-refractivity contribution in [1.29, 1.82) is 0 Å². The first-order valence-electron chi connectivity index (χ1n) is 6.64. The van der Waals surface area contributed by atoms with E-state index < -0.39 is 0 Å². The van der Waals surface area contributed by atoms with Crippen molar-refractivity contribution in [2.75, 3.05) is 0 Å². The molecule has 2 aromatic rings. The second-order valence-corrected chi connectivity index (χ2v) is 5.53. The lowest BCUT2D eigenvalue weighted by atomic mass is 10.1. The van der Waals surface area contributed by atoms with Crippen molar-refractivity contribution >= 4 is 0 Å². The zero-order valence-corrected chi connectivity index (χ0v) is 12.5. The Hall–Kier alpha value is -1.44. The molecule has 0 radical (unpaired) electrons. The summed E-state index contributed by atoms with van der Waals surface area (Å²) in [5, 5.41) is 0. The molecular weight excluding hydrogens is 220 g/mol. The van der Waals surface area contributed by atoms with Crippen molar-refractivity contribution in [2.24, 2.45) is 14.1 Å². The van der Waals surface area contributed by atoms with E-state index in [-0.39, 0.29) is 0 Å². The first-order valence-corrected chi connectivity index (χ1v) is 6.64. The minimum absolute atomic E-state index is 0.659.